The molecule has 2 aromatic rings. The Morgan fingerprint density at radius 1 is 1.10 bits per heavy atom. The molecule has 0 saturated heterocycles. The molecule has 0 heterocycles. The fourth-order valence-electron chi connectivity index (χ4n) is 3.33. The lowest BCUT2D eigenvalue weighted by Gasteiger charge is -2.22. The standard InChI is InChI=1S/C20H23F3N2O3S/c1-4-7-20(8-9-20)29(26,27)25-18-16(28-3)11-14(22)17(23)19(18)24-15-6-5-12(2)10-13(15)21/h5-6,10-11,24-25H,4,7-9H2,1-3H3. The molecule has 1 fully saturated rings. The summed E-state index contributed by atoms with van der Waals surface area (Å²) in [6, 6.07) is 4.92. The van der Waals surface area contributed by atoms with Crippen LogP contribution in [0.15, 0.2) is 24.3 Å². The van der Waals surface area contributed by atoms with E-state index in [0.29, 0.717) is 31.2 Å². The molecule has 0 radical (unpaired) electrons. The SMILES string of the molecule is CCCC1(S(=O)(=O)Nc2c(OC)cc(F)c(F)c2Nc2ccc(C)cc2F)CC1. The second-order valence-corrected chi connectivity index (χ2v) is 9.35. The van der Waals surface area contributed by atoms with Crippen molar-refractivity contribution in [1.29, 1.82) is 0 Å². The first-order valence-electron chi connectivity index (χ1n) is 9.25. The van der Waals surface area contributed by atoms with Crippen LogP contribution in [0.4, 0.5) is 30.2 Å². The summed E-state index contributed by atoms with van der Waals surface area (Å²) in [6.45, 7) is 3.56. The number of benzene rings is 2. The number of hydrogen-bond acceptors (Lipinski definition) is 4. The zero-order valence-corrected chi connectivity index (χ0v) is 17.2. The number of ether oxygens (including phenoxy) is 1. The second kappa shape index (κ2) is 7.78. The van der Waals surface area contributed by atoms with Crippen LogP contribution in [0.5, 0.6) is 5.75 Å². The number of anilines is 3. The minimum atomic E-state index is -3.91. The van der Waals surface area contributed by atoms with E-state index in [9.17, 15) is 21.6 Å². The smallest absolute Gasteiger partial charge is 0.238 e. The van der Waals surface area contributed by atoms with Gasteiger partial charge in [-0.1, -0.05) is 19.4 Å². The van der Waals surface area contributed by atoms with Crippen molar-refractivity contribution in [3.05, 3.63) is 47.3 Å². The fourth-order valence-corrected chi connectivity index (χ4v) is 5.13. The number of sulfonamides is 1. The molecule has 2 N–H and O–H groups in total. The summed E-state index contributed by atoms with van der Waals surface area (Å²) in [7, 11) is -2.70. The van der Waals surface area contributed by atoms with Gasteiger partial charge >= 0.3 is 0 Å². The van der Waals surface area contributed by atoms with Gasteiger partial charge in [-0.2, -0.15) is 0 Å². The normalized spacial score (nSPS) is 15.1. The molecule has 9 heteroatoms. The summed E-state index contributed by atoms with van der Waals surface area (Å²) in [6.07, 6.45) is 2.08. The topological polar surface area (TPSA) is 67.4 Å². The van der Waals surface area contributed by atoms with Gasteiger partial charge in [0, 0.05) is 6.07 Å². The van der Waals surface area contributed by atoms with Crippen molar-refractivity contribution in [1.82, 2.24) is 0 Å². The van der Waals surface area contributed by atoms with E-state index in [2.05, 4.69) is 10.0 Å². The Kier molecular flexibility index (Phi) is 5.71. The zero-order valence-electron chi connectivity index (χ0n) is 16.4. The molecular formula is C20H23F3N2O3S. The van der Waals surface area contributed by atoms with E-state index >= 15 is 0 Å². The molecule has 0 bridgehead atoms. The molecule has 0 spiro atoms. The Morgan fingerprint density at radius 3 is 2.34 bits per heavy atom. The lowest BCUT2D eigenvalue weighted by Crippen LogP contribution is -2.30. The van der Waals surface area contributed by atoms with Gasteiger partial charge in [0.1, 0.15) is 22.9 Å². The summed E-state index contributed by atoms with van der Waals surface area (Å²) < 4.78 is 75.5. The summed E-state index contributed by atoms with van der Waals surface area (Å²) in [5.74, 6) is -3.50. The maximum Gasteiger partial charge on any atom is 0.238 e. The largest absolute Gasteiger partial charge is 0.494 e. The fraction of sp³-hybridized carbons (Fsp3) is 0.400. The number of methoxy groups -OCH3 is 1. The van der Waals surface area contributed by atoms with Gasteiger partial charge in [-0.15, -0.1) is 0 Å². The first kappa shape index (κ1) is 21.3. The zero-order chi connectivity index (χ0) is 21.4. The molecule has 2 aromatic carbocycles. The van der Waals surface area contributed by atoms with Crippen molar-refractivity contribution >= 4 is 27.1 Å². The average molecular weight is 428 g/mol. The lowest BCUT2D eigenvalue weighted by atomic mass is 10.2. The van der Waals surface area contributed by atoms with Crippen LogP contribution in [0.1, 0.15) is 38.2 Å². The molecule has 1 aliphatic carbocycles. The molecule has 1 saturated carbocycles. The van der Waals surface area contributed by atoms with Gasteiger partial charge in [0.2, 0.25) is 10.0 Å². The van der Waals surface area contributed by atoms with Gasteiger partial charge in [-0.05, 0) is 43.9 Å². The minimum Gasteiger partial charge on any atom is -0.494 e. The van der Waals surface area contributed by atoms with Crippen molar-refractivity contribution < 1.29 is 26.3 Å². The van der Waals surface area contributed by atoms with Gasteiger partial charge < -0.3 is 10.1 Å². The third-order valence-corrected chi connectivity index (χ3v) is 7.33. The van der Waals surface area contributed by atoms with E-state index in [0.717, 1.165) is 6.07 Å². The van der Waals surface area contributed by atoms with E-state index < -0.39 is 37.9 Å². The van der Waals surface area contributed by atoms with Gasteiger partial charge in [-0.25, -0.2) is 21.6 Å². The van der Waals surface area contributed by atoms with E-state index in [-0.39, 0.29) is 17.1 Å². The number of rotatable bonds is 8. The monoisotopic (exact) mass is 428 g/mol. The summed E-state index contributed by atoms with van der Waals surface area (Å²) >= 11 is 0. The number of aryl methyl sites for hydroxylation is 1. The summed E-state index contributed by atoms with van der Waals surface area (Å²) in [4.78, 5) is 0. The molecule has 0 atom stereocenters. The molecular weight excluding hydrogens is 405 g/mol. The van der Waals surface area contributed by atoms with Crippen LogP contribution in [0.25, 0.3) is 0 Å². The predicted molar refractivity (Wildman–Crippen MR) is 107 cm³/mol. The Morgan fingerprint density at radius 2 is 1.79 bits per heavy atom. The number of hydrogen-bond donors (Lipinski definition) is 2. The van der Waals surface area contributed by atoms with Crippen LogP contribution in [-0.2, 0) is 10.0 Å². The molecule has 1 aliphatic rings. The van der Waals surface area contributed by atoms with E-state index in [4.69, 9.17) is 4.74 Å². The highest BCUT2D eigenvalue weighted by Gasteiger charge is 2.54. The Balaban J connectivity index is 2.09. The molecule has 0 aromatic heterocycles. The molecule has 0 amide bonds. The van der Waals surface area contributed by atoms with Crippen LogP contribution in [-0.4, -0.2) is 20.3 Å². The molecule has 158 valence electrons. The summed E-state index contributed by atoms with van der Waals surface area (Å²) in [5.41, 5.74) is -0.326. The minimum absolute atomic E-state index is 0.128. The summed E-state index contributed by atoms with van der Waals surface area (Å²) in [5, 5.41) is 2.48. The van der Waals surface area contributed by atoms with Gasteiger partial charge in [0.15, 0.2) is 11.6 Å². The number of nitrogens with one attached hydrogen (secondary N) is 2. The highest BCUT2D eigenvalue weighted by Crippen LogP contribution is 2.49. The predicted octanol–water partition coefficient (Wildman–Crippen LogP) is 5.24. The quantitative estimate of drug-likeness (QED) is 0.604. The van der Waals surface area contributed by atoms with E-state index in [1.165, 1.54) is 19.2 Å². The highest BCUT2D eigenvalue weighted by molar-refractivity contribution is 7.94. The molecule has 0 unspecified atom stereocenters. The number of halogens is 3. The van der Waals surface area contributed by atoms with Gasteiger partial charge in [0.25, 0.3) is 0 Å². The van der Waals surface area contributed by atoms with Crippen LogP contribution in [0.3, 0.4) is 0 Å². The Bertz CT molecular complexity index is 1040. The first-order valence-corrected chi connectivity index (χ1v) is 10.7. The molecule has 29 heavy (non-hydrogen) atoms. The second-order valence-electron chi connectivity index (χ2n) is 7.27. The van der Waals surface area contributed by atoms with Gasteiger partial charge in [-0.3, -0.25) is 4.72 Å². The maximum atomic E-state index is 14.7. The Labute approximate surface area is 168 Å². The van der Waals surface area contributed by atoms with Crippen molar-refractivity contribution in [2.45, 2.75) is 44.3 Å². The molecule has 0 aliphatic heterocycles. The van der Waals surface area contributed by atoms with E-state index in [1.54, 1.807) is 13.0 Å². The maximum absolute atomic E-state index is 14.7. The first-order chi connectivity index (χ1) is 13.6. The van der Waals surface area contributed by atoms with Crippen LogP contribution in [0, 0.1) is 24.4 Å². The van der Waals surface area contributed by atoms with Crippen LogP contribution in [0.2, 0.25) is 0 Å². The van der Waals surface area contributed by atoms with Crippen molar-refractivity contribution in [2.75, 3.05) is 17.1 Å². The third-order valence-electron chi connectivity index (χ3n) is 5.11. The molecule has 5 nitrogen and oxygen atoms in total. The van der Waals surface area contributed by atoms with Crippen LogP contribution < -0.4 is 14.8 Å². The van der Waals surface area contributed by atoms with Gasteiger partial charge in [0.05, 0.1) is 17.5 Å². The van der Waals surface area contributed by atoms with Crippen molar-refractivity contribution in [3.63, 3.8) is 0 Å². The van der Waals surface area contributed by atoms with E-state index in [1.807, 2.05) is 6.92 Å². The average Bonchev–Trinajstić information content (AvgIpc) is 3.44. The van der Waals surface area contributed by atoms with Crippen LogP contribution >= 0.6 is 0 Å². The van der Waals surface area contributed by atoms with Crippen molar-refractivity contribution in [2.24, 2.45) is 0 Å². The third kappa shape index (κ3) is 4.01. The Hall–Kier alpha value is -2.42. The lowest BCUT2D eigenvalue weighted by molar-refractivity contribution is 0.409. The molecule has 3 rings (SSSR count). The van der Waals surface area contributed by atoms with Crippen molar-refractivity contribution in [3.8, 4) is 5.75 Å². The highest BCUT2D eigenvalue weighted by atomic mass is 32.2.